The molecule has 6 heteroatoms. The van der Waals surface area contributed by atoms with Gasteiger partial charge in [0.1, 0.15) is 12.4 Å². The van der Waals surface area contributed by atoms with E-state index in [1.165, 1.54) is 0 Å². The summed E-state index contributed by atoms with van der Waals surface area (Å²) < 4.78 is 42.0. The van der Waals surface area contributed by atoms with Crippen molar-refractivity contribution in [3.8, 4) is 5.75 Å². The Balaban J connectivity index is 1.97. The quantitative estimate of drug-likeness (QED) is 0.718. The molecule has 0 aromatic heterocycles. The molecule has 0 spiro atoms. The lowest BCUT2D eigenvalue weighted by molar-refractivity contribution is -0.135. The monoisotopic (exact) mass is 339 g/mol. The van der Waals surface area contributed by atoms with Crippen LogP contribution in [0, 0.1) is 0 Å². The van der Waals surface area contributed by atoms with Crippen LogP contribution >= 0.6 is 15.9 Å². The summed E-state index contributed by atoms with van der Waals surface area (Å²) in [6.45, 7) is 1.70. The van der Waals surface area contributed by atoms with Crippen LogP contribution < -0.4 is 10.1 Å². The lowest BCUT2D eigenvalue weighted by Crippen LogP contribution is -2.22. The number of benzene rings is 1. The van der Waals surface area contributed by atoms with Crippen LogP contribution in [-0.4, -0.2) is 25.9 Å². The Bertz CT molecular complexity index is 371. The standard InChI is InChI=1S/C13H17BrF3NO/c14-11-4-3-5-12(10-11)19-9-8-18-7-2-1-6-13(15,16)17/h3-5,10,18H,1-2,6-9H2. The van der Waals surface area contributed by atoms with Crippen molar-refractivity contribution in [3.63, 3.8) is 0 Å². The summed E-state index contributed by atoms with van der Waals surface area (Å²) in [5.74, 6) is 0.772. The highest BCUT2D eigenvalue weighted by atomic mass is 79.9. The van der Waals surface area contributed by atoms with Crippen molar-refractivity contribution >= 4 is 15.9 Å². The zero-order valence-corrected chi connectivity index (χ0v) is 12.1. The van der Waals surface area contributed by atoms with Crippen LogP contribution in [0.25, 0.3) is 0 Å². The minimum absolute atomic E-state index is 0.170. The van der Waals surface area contributed by atoms with Crippen LogP contribution in [0.1, 0.15) is 19.3 Å². The van der Waals surface area contributed by atoms with Gasteiger partial charge in [0.2, 0.25) is 0 Å². The van der Waals surface area contributed by atoms with Crippen molar-refractivity contribution in [2.24, 2.45) is 0 Å². The van der Waals surface area contributed by atoms with Gasteiger partial charge in [-0.3, -0.25) is 0 Å². The van der Waals surface area contributed by atoms with E-state index in [0.29, 0.717) is 26.1 Å². The van der Waals surface area contributed by atoms with Crippen LogP contribution in [0.3, 0.4) is 0 Å². The van der Waals surface area contributed by atoms with Gasteiger partial charge in [0.15, 0.2) is 0 Å². The van der Waals surface area contributed by atoms with Crippen molar-refractivity contribution in [1.29, 1.82) is 0 Å². The number of ether oxygens (including phenoxy) is 1. The van der Waals surface area contributed by atoms with Gasteiger partial charge in [-0.1, -0.05) is 22.0 Å². The molecule has 1 aromatic rings. The highest BCUT2D eigenvalue weighted by Gasteiger charge is 2.25. The third kappa shape index (κ3) is 8.88. The van der Waals surface area contributed by atoms with E-state index in [9.17, 15) is 13.2 Å². The van der Waals surface area contributed by atoms with Crippen LogP contribution in [0.5, 0.6) is 5.75 Å². The maximum atomic E-state index is 11.9. The molecule has 0 saturated carbocycles. The Labute approximate surface area is 119 Å². The van der Waals surface area contributed by atoms with E-state index in [1.807, 2.05) is 24.3 Å². The van der Waals surface area contributed by atoms with E-state index in [0.717, 1.165) is 10.2 Å². The van der Waals surface area contributed by atoms with E-state index in [-0.39, 0.29) is 6.42 Å². The minimum Gasteiger partial charge on any atom is -0.492 e. The van der Waals surface area contributed by atoms with E-state index in [2.05, 4.69) is 21.2 Å². The molecule has 1 rings (SSSR count). The summed E-state index contributed by atoms with van der Waals surface area (Å²) in [6, 6.07) is 7.51. The number of rotatable bonds is 8. The van der Waals surface area contributed by atoms with Crippen molar-refractivity contribution in [2.45, 2.75) is 25.4 Å². The van der Waals surface area contributed by atoms with E-state index in [1.54, 1.807) is 0 Å². The Morgan fingerprint density at radius 3 is 2.63 bits per heavy atom. The first-order valence-corrected chi connectivity index (χ1v) is 6.92. The van der Waals surface area contributed by atoms with Gasteiger partial charge >= 0.3 is 6.18 Å². The SMILES string of the molecule is FC(F)(F)CCCCNCCOc1cccc(Br)c1. The van der Waals surface area contributed by atoms with E-state index in [4.69, 9.17) is 4.74 Å². The number of alkyl halides is 3. The Kier molecular flexibility index (Phi) is 7.23. The molecular weight excluding hydrogens is 323 g/mol. The van der Waals surface area contributed by atoms with Gasteiger partial charge in [0.05, 0.1) is 0 Å². The molecule has 108 valence electrons. The van der Waals surface area contributed by atoms with Gasteiger partial charge in [0.25, 0.3) is 0 Å². The third-order valence-corrected chi connectivity index (χ3v) is 2.90. The van der Waals surface area contributed by atoms with E-state index < -0.39 is 12.6 Å². The fourth-order valence-electron chi connectivity index (χ4n) is 1.50. The second-order valence-corrected chi connectivity index (χ2v) is 5.04. The minimum atomic E-state index is -4.04. The lowest BCUT2D eigenvalue weighted by Gasteiger charge is -2.08. The highest BCUT2D eigenvalue weighted by molar-refractivity contribution is 9.10. The molecule has 0 amide bonds. The molecule has 0 saturated heterocycles. The number of hydrogen-bond donors (Lipinski definition) is 1. The first-order valence-electron chi connectivity index (χ1n) is 6.13. The molecule has 0 bridgehead atoms. The summed E-state index contributed by atoms with van der Waals surface area (Å²) in [5.41, 5.74) is 0. The van der Waals surface area contributed by atoms with Crippen LogP contribution in [-0.2, 0) is 0 Å². The maximum absolute atomic E-state index is 11.9. The number of hydrogen-bond acceptors (Lipinski definition) is 2. The summed E-state index contributed by atoms with van der Waals surface area (Å²) >= 11 is 3.34. The normalized spacial score (nSPS) is 11.6. The Morgan fingerprint density at radius 2 is 1.95 bits per heavy atom. The first kappa shape index (κ1) is 16.3. The highest BCUT2D eigenvalue weighted by Crippen LogP contribution is 2.21. The number of unbranched alkanes of at least 4 members (excludes halogenated alkanes) is 1. The molecule has 0 atom stereocenters. The summed E-state index contributed by atoms with van der Waals surface area (Å²) in [6.07, 6.45) is -4.05. The van der Waals surface area contributed by atoms with Crippen molar-refractivity contribution in [2.75, 3.05) is 19.7 Å². The molecule has 0 fully saturated rings. The molecule has 0 heterocycles. The Hall–Kier alpha value is -0.750. The Morgan fingerprint density at radius 1 is 1.16 bits per heavy atom. The molecule has 19 heavy (non-hydrogen) atoms. The molecule has 0 radical (unpaired) electrons. The maximum Gasteiger partial charge on any atom is 0.389 e. The third-order valence-electron chi connectivity index (χ3n) is 2.41. The average Bonchev–Trinajstić information content (AvgIpc) is 2.31. The zero-order chi connectivity index (χ0) is 14.1. The largest absolute Gasteiger partial charge is 0.492 e. The van der Waals surface area contributed by atoms with Gasteiger partial charge in [0, 0.05) is 17.4 Å². The fraction of sp³-hybridized carbons (Fsp3) is 0.538. The molecule has 1 aromatic carbocycles. The van der Waals surface area contributed by atoms with Gasteiger partial charge in [-0.15, -0.1) is 0 Å². The summed E-state index contributed by atoms with van der Waals surface area (Å²) in [4.78, 5) is 0. The van der Waals surface area contributed by atoms with Crippen LogP contribution in [0.4, 0.5) is 13.2 Å². The molecule has 0 unspecified atom stereocenters. The van der Waals surface area contributed by atoms with E-state index >= 15 is 0 Å². The molecule has 0 aliphatic rings. The fourth-order valence-corrected chi connectivity index (χ4v) is 1.88. The molecule has 1 N–H and O–H groups in total. The van der Waals surface area contributed by atoms with Gasteiger partial charge in [-0.25, -0.2) is 0 Å². The number of nitrogens with one attached hydrogen (secondary N) is 1. The van der Waals surface area contributed by atoms with Crippen LogP contribution in [0.15, 0.2) is 28.7 Å². The molecular formula is C13H17BrF3NO. The van der Waals surface area contributed by atoms with Gasteiger partial charge < -0.3 is 10.1 Å². The average molecular weight is 340 g/mol. The van der Waals surface area contributed by atoms with Crippen molar-refractivity contribution in [1.82, 2.24) is 5.32 Å². The van der Waals surface area contributed by atoms with Gasteiger partial charge in [-0.05, 0) is 37.6 Å². The second-order valence-electron chi connectivity index (χ2n) is 4.13. The zero-order valence-electron chi connectivity index (χ0n) is 10.5. The molecule has 2 nitrogen and oxygen atoms in total. The summed E-state index contributed by atoms with van der Waals surface area (Å²) in [5, 5.41) is 3.05. The first-order chi connectivity index (χ1) is 8.97. The smallest absolute Gasteiger partial charge is 0.389 e. The van der Waals surface area contributed by atoms with Crippen LogP contribution in [0.2, 0.25) is 0 Å². The lowest BCUT2D eigenvalue weighted by atomic mass is 10.2. The van der Waals surface area contributed by atoms with Crippen molar-refractivity contribution < 1.29 is 17.9 Å². The topological polar surface area (TPSA) is 21.3 Å². The molecule has 0 aliphatic carbocycles. The predicted molar refractivity (Wildman–Crippen MR) is 72.4 cm³/mol. The van der Waals surface area contributed by atoms with Crippen molar-refractivity contribution in [3.05, 3.63) is 28.7 Å². The number of halogens is 4. The van der Waals surface area contributed by atoms with Gasteiger partial charge in [-0.2, -0.15) is 13.2 Å². The predicted octanol–water partition coefficient (Wildman–Crippen LogP) is 4.15. The summed E-state index contributed by atoms with van der Waals surface area (Å²) in [7, 11) is 0. The molecule has 0 aliphatic heterocycles. The second kappa shape index (κ2) is 8.43.